The monoisotopic (exact) mass is 485 g/mol. The minimum absolute atomic E-state index is 0.195. The molecule has 0 fully saturated rings. The summed E-state index contributed by atoms with van der Waals surface area (Å²) in [4.78, 5) is 12.1. The molecular weight excluding hydrogens is 469 g/mol. The van der Waals surface area contributed by atoms with Crippen LogP contribution in [0.15, 0.2) is 66.7 Å². The Kier molecular flexibility index (Phi) is 8.58. The molecule has 0 N–H and O–H groups in total. The average Bonchev–Trinajstić information content (AvgIpc) is 2.77. The third kappa shape index (κ3) is 7.03. The van der Waals surface area contributed by atoms with Crippen molar-refractivity contribution in [3.63, 3.8) is 0 Å². The molecule has 32 heavy (non-hydrogen) atoms. The average molecular weight is 487 g/mol. The van der Waals surface area contributed by atoms with Gasteiger partial charge in [-0.15, -0.1) is 0 Å². The van der Waals surface area contributed by atoms with Crippen molar-refractivity contribution >= 4 is 52.4 Å². The number of hydrogen-bond donors (Lipinski definition) is 0. The van der Waals surface area contributed by atoms with Crippen molar-refractivity contribution in [3.05, 3.63) is 92.9 Å². The molecule has 0 unspecified atom stereocenters. The van der Waals surface area contributed by atoms with Crippen LogP contribution in [0, 0.1) is 11.3 Å². The first kappa shape index (κ1) is 23.7. The number of nitriles is 1. The molecule has 0 spiro atoms. The van der Waals surface area contributed by atoms with Crippen LogP contribution in [-0.4, -0.2) is 12.6 Å². The van der Waals surface area contributed by atoms with Crippen LogP contribution in [0.4, 0.5) is 0 Å². The van der Waals surface area contributed by atoms with E-state index in [1.54, 1.807) is 66.7 Å². The van der Waals surface area contributed by atoms with Crippen LogP contribution in [0.3, 0.4) is 0 Å². The van der Waals surface area contributed by atoms with Crippen molar-refractivity contribution in [2.45, 2.75) is 12.8 Å². The van der Waals surface area contributed by atoms with Crippen LogP contribution >= 0.6 is 34.8 Å². The second-order valence-corrected chi connectivity index (χ2v) is 8.03. The maximum absolute atomic E-state index is 12.1. The number of halogens is 3. The van der Waals surface area contributed by atoms with Crippen molar-refractivity contribution in [2.75, 3.05) is 6.61 Å². The van der Waals surface area contributed by atoms with Crippen LogP contribution < -0.4 is 9.47 Å². The quantitative estimate of drug-likeness (QED) is 0.109. The topological polar surface area (TPSA) is 59.3 Å². The first-order valence-electron chi connectivity index (χ1n) is 9.71. The third-order valence-corrected chi connectivity index (χ3v) is 5.12. The molecule has 0 aromatic heterocycles. The van der Waals surface area contributed by atoms with Crippen molar-refractivity contribution in [1.29, 1.82) is 5.26 Å². The number of carbonyl (C=O) groups is 1. The zero-order valence-electron chi connectivity index (χ0n) is 16.9. The summed E-state index contributed by atoms with van der Waals surface area (Å²) in [6.45, 7) is 0.320. The molecule has 0 amide bonds. The summed E-state index contributed by atoms with van der Waals surface area (Å²) >= 11 is 17.9. The van der Waals surface area contributed by atoms with E-state index in [9.17, 15) is 10.1 Å². The second-order valence-electron chi connectivity index (χ2n) is 6.75. The van der Waals surface area contributed by atoms with Gasteiger partial charge in [-0.2, -0.15) is 5.26 Å². The van der Waals surface area contributed by atoms with Gasteiger partial charge in [-0.05, 0) is 66.1 Å². The molecule has 4 nitrogen and oxygen atoms in total. The van der Waals surface area contributed by atoms with Gasteiger partial charge >= 0.3 is 5.97 Å². The normalized spacial score (nSPS) is 11.0. The standard InChI is InChI=1S/C25H18Cl3NO3/c26-20-4-1-3-18(14-20)19(16-29)13-17-6-9-22(10-7-17)32-25(30)5-2-12-31-24-11-8-21(27)15-23(24)28/h1,3-4,6-11,13-15H,2,5,12H2/b19-13-. The SMILES string of the molecule is N#C/C(=C/c1ccc(OC(=O)CCCOc2ccc(Cl)cc2Cl)cc1)c1cccc(Cl)c1. The molecular formula is C25H18Cl3NO3. The molecule has 3 aromatic rings. The molecule has 0 aliphatic heterocycles. The number of ether oxygens (including phenoxy) is 2. The van der Waals surface area contributed by atoms with Crippen LogP contribution in [0.5, 0.6) is 11.5 Å². The number of benzene rings is 3. The van der Waals surface area contributed by atoms with Crippen LogP contribution in [0.25, 0.3) is 11.6 Å². The minimum Gasteiger partial charge on any atom is -0.492 e. The third-order valence-electron chi connectivity index (χ3n) is 4.36. The molecule has 0 saturated carbocycles. The van der Waals surface area contributed by atoms with Gasteiger partial charge in [-0.1, -0.05) is 59.1 Å². The van der Waals surface area contributed by atoms with E-state index in [2.05, 4.69) is 6.07 Å². The highest BCUT2D eigenvalue weighted by Gasteiger charge is 2.07. The van der Waals surface area contributed by atoms with Gasteiger partial charge < -0.3 is 9.47 Å². The first-order chi connectivity index (χ1) is 15.4. The summed E-state index contributed by atoms with van der Waals surface area (Å²) in [5.74, 6) is 0.577. The fraction of sp³-hybridized carbons (Fsp3) is 0.120. The number of nitrogens with zero attached hydrogens (tertiary/aromatic N) is 1. The van der Waals surface area contributed by atoms with Gasteiger partial charge in [0.1, 0.15) is 11.5 Å². The smallest absolute Gasteiger partial charge is 0.311 e. The summed E-state index contributed by atoms with van der Waals surface area (Å²) in [5.41, 5.74) is 2.02. The Morgan fingerprint density at radius 1 is 0.969 bits per heavy atom. The Balaban J connectivity index is 1.50. The summed E-state index contributed by atoms with van der Waals surface area (Å²) < 4.78 is 10.9. The maximum atomic E-state index is 12.1. The molecule has 0 atom stereocenters. The van der Waals surface area contributed by atoms with E-state index in [-0.39, 0.29) is 12.4 Å². The van der Waals surface area contributed by atoms with E-state index in [1.807, 2.05) is 6.07 Å². The Hall–Kier alpha value is -2.97. The molecule has 3 aromatic carbocycles. The predicted octanol–water partition coefficient (Wildman–Crippen LogP) is 7.48. The van der Waals surface area contributed by atoms with Gasteiger partial charge in [0.05, 0.1) is 23.3 Å². The zero-order valence-corrected chi connectivity index (χ0v) is 19.1. The predicted molar refractivity (Wildman–Crippen MR) is 128 cm³/mol. The lowest BCUT2D eigenvalue weighted by Crippen LogP contribution is -2.10. The first-order valence-corrected chi connectivity index (χ1v) is 10.8. The van der Waals surface area contributed by atoms with E-state index in [0.29, 0.717) is 45.2 Å². The van der Waals surface area contributed by atoms with Gasteiger partial charge in [0.25, 0.3) is 0 Å². The van der Waals surface area contributed by atoms with Crippen molar-refractivity contribution in [3.8, 4) is 17.6 Å². The van der Waals surface area contributed by atoms with Gasteiger partial charge in [0.2, 0.25) is 0 Å². The number of rotatable bonds is 8. The molecule has 0 aliphatic carbocycles. The van der Waals surface area contributed by atoms with Gasteiger partial charge in [0.15, 0.2) is 0 Å². The summed E-state index contributed by atoms with van der Waals surface area (Å²) in [5, 5.41) is 11.0. The minimum atomic E-state index is -0.365. The van der Waals surface area contributed by atoms with E-state index in [1.165, 1.54) is 0 Å². The highest BCUT2D eigenvalue weighted by Crippen LogP contribution is 2.27. The number of esters is 1. The molecule has 7 heteroatoms. The van der Waals surface area contributed by atoms with E-state index >= 15 is 0 Å². The van der Waals surface area contributed by atoms with Crippen molar-refractivity contribution in [1.82, 2.24) is 0 Å². The molecule has 0 bridgehead atoms. The van der Waals surface area contributed by atoms with Crippen LogP contribution in [0.2, 0.25) is 15.1 Å². The number of hydrogen-bond acceptors (Lipinski definition) is 4. The summed E-state index contributed by atoms with van der Waals surface area (Å²) in [6.07, 6.45) is 2.42. The van der Waals surface area contributed by atoms with Gasteiger partial charge in [0, 0.05) is 16.5 Å². The molecule has 0 saturated heterocycles. The number of carbonyl (C=O) groups excluding carboxylic acids is 1. The molecule has 0 heterocycles. The van der Waals surface area contributed by atoms with E-state index < -0.39 is 0 Å². The molecule has 0 radical (unpaired) electrons. The highest BCUT2D eigenvalue weighted by atomic mass is 35.5. The summed E-state index contributed by atoms with van der Waals surface area (Å²) in [7, 11) is 0. The highest BCUT2D eigenvalue weighted by molar-refractivity contribution is 6.35. The fourth-order valence-corrected chi connectivity index (χ4v) is 3.46. The fourth-order valence-electron chi connectivity index (χ4n) is 2.81. The lowest BCUT2D eigenvalue weighted by Gasteiger charge is -2.08. The van der Waals surface area contributed by atoms with Crippen LogP contribution in [-0.2, 0) is 4.79 Å². The second kappa shape index (κ2) is 11.6. The molecule has 0 aliphatic rings. The largest absolute Gasteiger partial charge is 0.492 e. The summed E-state index contributed by atoms with van der Waals surface area (Å²) in [6, 6.07) is 21.2. The zero-order chi connectivity index (χ0) is 22.9. The maximum Gasteiger partial charge on any atom is 0.311 e. The lowest BCUT2D eigenvalue weighted by atomic mass is 10.0. The lowest BCUT2D eigenvalue weighted by molar-refractivity contribution is -0.134. The number of allylic oxidation sites excluding steroid dienone is 1. The Labute approximate surface area is 201 Å². The molecule has 3 rings (SSSR count). The Morgan fingerprint density at radius 3 is 2.41 bits per heavy atom. The molecule has 162 valence electrons. The van der Waals surface area contributed by atoms with E-state index in [0.717, 1.165) is 11.1 Å². The van der Waals surface area contributed by atoms with Gasteiger partial charge in [-0.3, -0.25) is 4.79 Å². The van der Waals surface area contributed by atoms with E-state index in [4.69, 9.17) is 44.3 Å². The van der Waals surface area contributed by atoms with Gasteiger partial charge in [-0.25, -0.2) is 0 Å². The Morgan fingerprint density at radius 2 is 1.72 bits per heavy atom. The van der Waals surface area contributed by atoms with Crippen molar-refractivity contribution < 1.29 is 14.3 Å². The van der Waals surface area contributed by atoms with Crippen LogP contribution in [0.1, 0.15) is 24.0 Å². The van der Waals surface area contributed by atoms with Crippen molar-refractivity contribution in [2.24, 2.45) is 0 Å². The Bertz CT molecular complexity index is 1170.